The van der Waals surface area contributed by atoms with Crippen LogP contribution in [-0.4, -0.2) is 74.6 Å². The molecule has 1 saturated heterocycles. The summed E-state index contributed by atoms with van der Waals surface area (Å²) < 4.78 is 0. The van der Waals surface area contributed by atoms with Gasteiger partial charge >= 0.3 is 5.97 Å². The van der Waals surface area contributed by atoms with Crippen molar-refractivity contribution in [1.82, 2.24) is 25.5 Å². The van der Waals surface area contributed by atoms with Crippen molar-refractivity contribution in [1.29, 1.82) is 0 Å². The maximum atomic E-state index is 13.8. The zero-order chi connectivity index (χ0) is 27.1. The van der Waals surface area contributed by atoms with Crippen LogP contribution in [0.2, 0.25) is 0 Å². The molecule has 0 bridgehead atoms. The van der Waals surface area contributed by atoms with Crippen LogP contribution in [0.15, 0.2) is 61.1 Å². The number of nitrogens with zero attached hydrogens (tertiary/aromatic N) is 3. The van der Waals surface area contributed by atoms with E-state index in [1.54, 1.807) is 42.7 Å². The van der Waals surface area contributed by atoms with Crippen molar-refractivity contribution in [3.8, 4) is 0 Å². The van der Waals surface area contributed by atoms with Gasteiger partial charge in [0.25, 0.3) is 5.91 Å². The molecule has 11 heteroatoms. The van der Waals surface area contributed by atoms with Crippen LogP contribution >= 0.6 is 0 Å². The van der Waals surface area contributed by atoms with Crippen LogP contribution in [0.3, 0.4) is 0 Å². The highest BCUT2D eigenvalue weighted by Crippen LogP contribution is 2.21. The van der Waals surface area contributed by atoms with Gasteiger partial charge in [-0.2, -0.15) is 0 Å². The molecule has 0 spiro atoms. The number of fused-ring (bicyclic) bond motifs is 1. The zero-order valence-electron chi connectivity index (χ0n) is 20.4. The second kappa shape index (κ2) is 12.0. The Morgan fingerprint density at radius 3 is 2.63 bits per heavy atom. The number of rotatable bonds is 10. The van der Waals surface area contributed by atoms with Gasteiger partial charge in [0.15, 0.2) is 0 Å². The quantitative estimate of drug-likeness (QED) is 0.338. The van der Waals surface area contributed by atoms with Crippen molar-refractivity contribution in [2.45, 2.75) is 43.8 Å². The molecule has 1 aliphatic heterocycles. The standard InChI is InChI=1S/C27H27N5O6/c33-16-19(14-23(34)35)30-25(36)22-8-4-12-32(22)27(38)21(13-17-5-3-10-28-15-17)31-26(37)24-20-7-2-1-6-18(20)9-11-29-24/h1-3,5-7,9-11,15-16,19,21-22H,4,8,12-14H2,(H,30,36)(H,31,37)(H,34,35)/t19-,21?,22-/m0/s1. The number of aliphatic carboxylic acids is 1. The van der Waals surface area contributed by atoms with E-state index in [0.717, 1.165) is 5.39 Å². The highest BCUT2D eigenvalue weighted by molar-refractivity contribution is 6.06. The first kappa shape index (κ1) is 26.4. The molecule has 1 unspecified atom stereocenters. The summed E-state index contributed by atoms with van der Waals surface area (Å²) in [6, 6.07) is 9.43. The molecule has 4 rings (SSSR count). The minimum absolute atomic E-state index is 0.129. The first-order chi connectivity index (χ1) is 18.4. The van der Waals surface area contributed by atoms with Gasteiger partial charge in [0.05, 0.1) is 12.5 Å². The third-order valence-electron chi connectivity index (χ3n) is 6.38. The van der Waals surface area contributed by atoms with E-state index < -0.39 is 48.2 Å². The van der Waals surface area contributed by atoms with Gasteiger partial charge in [-0.3, -0.25) is 29.1 Å². The van der Waals surface area contributed by atoms with Crippen LogP contribution in [0.1, 0.15) is 35.3 Å². The molecule has 2 aromatic heterocycles. The van der Waals surface area contributed by atoms with E-state index in [0.29, 0.717) is 30.1 Å². The lowest BCUT2D eigenvalue weighted by molar-refractivity contribution is -0.142. The Bertz CT molecular complexity index is 1340. The first-order valence-electron chi connectivity index (χ1n) is 12.2. The lowest BCUT2D eigenvalue weighted by Crippen LogP contribution is -2.55. The topological polar surface area (TPSA) is 159 Å². The lowest BCUT2D eigenvalue weighted by Gasteiger charge is -2.29. The third-order valence-corrected chi connectivity index (χ3v) is 6.38. The van der Waals surface area contributed by atoms with Gasteiger partial charge in [0, 0.05) is 36.9 Å². The fraction of sp³-hybridized carbons (Fsp3) is 0.296. The Balaban J connectivity index is 1.57. The SMILES string of the molecule is O=C[C@H](CC(=O)O)NC(=O)[C@@H]1CCCN1C(=O)C(Cc1cccnc1)NC(=O)c1nccc2ccccc12. The summed E-state index contributed by atoms with van der Waals surface area (Å²) in [6.07, 6.45) is 5.52. The van der Waals surface area contributed by atoms with Crippen molar-refractivity contribution < 1.29 is 29.1 Å². The molecule has 3 amide bonds. The number of likely N-dealkylation sites (tertiary alicyclic amines) is 1. The number of pyridine rings is 2. The number of carbonyl (C=O) groups excluding carboxylic acids is 4. The van der Waals surface area contributed by atoms with E-state index in [-0.39, 0.29) is 18.7 Å². The molecule has 3 N–H and O–H groups in total. The second-order valence-corrected chi connectivity index (χ2v) is 9.01. The van der Waals surface area contributed by atoms with Crippen molar-refractivity contribution in [2.75, 3.05) is 6.54 Å². The predicted molar refractivity (Wildman–Crippen MR) is 136 cm³/mol. The Kier molecular flexibility index (Phi) is 8.37. The summed E-state index contributed by atoms with van der Waals surface area (Å²) in [4.78, 5) is 71.9. The minimum Gasteiger partial charge on any atom is -0.481 e. The summed E-state index contributed by atoms with van der Waals surface area (Å²) in [5.41, 5.74) is 0.880. The van der Waals surface area contributed by atoms with E-state index in [1.165, 1.54) is 11.1 Å². The smallest absolute Gasteiger partial charge is 0.305 e. The molecule has 38 heavy (non-hydrogen) atoms. The Hall–Kier alpha value is -4.67. The van der Waals surface area contributed by atoms with Gasteiger partial charge in [0.1, 0.15) is 24.1 Å². The van der Waals surface area contributed by atoms with E-state index in [1.807, 2.05) is 12.1 Å². The number of aromatic nitrogens is 2. The van der Waals surface area contributed by atoms with Gasteiger partial charge in [-0.15, -0.1) is 0 Å². The molecule has 3 aromatic rings. The highest BCUT2D eigenvalue weighted by atomic mass is 16.4. The van der Waals surface area contributed by atoms with Crippen molar-refractivity contribution in [3.63, 3.8) is 0 Å². The maximum Gasteiger partial charge on any atom is 0.305 e. The van der Waals surface area contributed by atoms with Crippen LogP contribution in [0.5, 0.6) is 0 Å². The number of amides is 3. The summed E-state index contributed by atoms with van der Waals surface area (Å²) in [5.74, 6) is -2.85. The number of carbonyl (C=O) groups is 5. The molecule has 0 aliphatic carbocycles. The number of benzene rings is 1. The third kappa shape index (κ3) is 6.17. The largest absolute Gasteiger partial charge is 0.481 e. The number of hydrogen-bond donors (Lipinski definition) is 3. The summed E-state index contributed by atoms with van der Waals surface area (Å²) in [6.45, 7) is 0.271. The average Bonchev–Trinajstić information content (AvgIpc) is 3.42. The molecular formula is C27H27N5O6. The zero-order valence-corrected chi connectivity index (χ0v) is 20.4. The number of aldehydes is 1. The number of carboxylic acids is 1. The summed E-state index contributed by atoms with van der Waals surface area (Å²) in [5, 5.41) is 15.6. The van der Waals surface area contributed by atoms with Gasteiger partial charge in [-0.25, -0.2) is 0 Å². The molecule has 1 fully saturated rings. The predicted octanol–water partition coefficient (Wildman–Crippen LogP) is 1.12. The number of hydrogen-bond acceptors (Lipinski definition) is 7. The molecule has 3 atom stereocenters. The van der Waals surface area contributed by atoms with Crippen molar-refractivity contribution in [3.05, 3.63) is 72.3 Å². The van der Waals surface area contributed by atoms with Crippen LogP contribution < -0.4 is 10.6 Å². The monoisotopic (exact) mass is 517 g/mol. The fourth-order valence-corrected chi connectivity index (χ4v) is 4.59. The molecule has 0 saturated carbocycles. The number of carboxylic acid groups (broad SMARTS) is 1. The van der Waals surface area contributed by atoms with Gasteiger partial charge in [-0.1, -0.05) is 30.3 Å². The fourth-order valence-electron chi connectivity index (χ4n) is 4.59. The van der Waals surface area contributed by atoms with E-state index in [4.69, 9.17) is 5.11 Å². The van der Waals surface area contributed by atoms with E-state index in [9.17, 15) is 24.0 Å². The van der Waals surface area contributed by atoms with Gasteiger partial charge in [0.2, 0.25) is 11.8 Å². The molecule has 11 nitrogen and oxygen atoms in total. The molecule has 196 valence electrons. The Morgan fingerprint density at radius 2 is 1.89 bits per heavy atom. The van der Waals surface area contributed by atoms with E-state index >= 15 is 0 Å². The minimum atomic E-state index is -1.23. The van der Waals surface area contributed by atoms with Crippen LogP contribution in [0.4, 0.5) is 0 Å². The molecule has 1 aromatic carbocycles. The van der Waals surface area contributed by atoms with Gasteiger partial charge in [-0.05, 0) is 35.9 Å². The molecule has 1 aliphatic rings. The lowest BCUT2D eigenvalue weighted by atomic mass is 10.0. The van der Waals surface area contributed by atoms with Gasteiger partial charge < -0.3 is 25.4 Å². The van der Waals surface area contributed by atoms with Crippen LogP contribution in [0.25, 0.3) is 10.8 Å². The Labute approximate surface area is 218 Å². The average molecular weight is 518 g/mol. The molecular weight excluding hydrogens is 490 g/mol. The van der Waals surface area contributed by atoms with Crippen molar-refractivity contribution >= 4 is 40.7 Å². The molecule has 0 radical (unpaired) electrons. The first-order valence-corrected chi connectivity index (χ1v) is 12.2. The van der Waals surface area contributed by atoms with Crippen LogP contribution in [0, 0.1) is 0 Å². The Morgan fingerprint density at radius 1 is 1.08 bits per heavy atom. The number of nitrogens with one attached hydrogen (secondary N) is 2. The van der Waals surface area contributed by atoms with Crippen LogP contribution in [-0.2, 0) is 25.6 Å². The summed E-state index contributed by atoms with van der Waals surface area (Å²) in [7, 11) is 0. The summed E-state index contributed by atoms with van der Waals surface area (Å²) >= 11 is 0. The highest BCUT2D eigenvalue weighted by Gasteiger charge is 2.38. The maximum absolute atomic E-state index is 13.8. The second-order valence-electron chi connectivity index (χ2n) is 9.01. The normalized spacial score (nSPS) is 16.4. The van der Waals surface area contributed by atoms with E-state index in [2.05, 4.69) is 20.6 Å². The molecule has 3 heterocycles. The van der Waals surface area contributed by atoms with Crippen molar-refractivity contribution in [2.24, 2.45) is 0 Å².